The summed E-state index contributed by atoms with van der Waals surface area (Å²) >= 11 is 0. The number of alkyl halides is 1. The van der Waals surface area contributed by atoms with E-state index in [0.29, 0.717) is 19.6 Å². The van der Waals surface area contributed by atoms with Gasteiger partial charge in [0.1, 0.15) is 5.75 Å². The van der Waals surface area contributed by atoms with Crippen LogP contribution in [0, 0.1) is 13.8 Å². The van der Waals surface area contributed by atoms with Crippen LogP contribution < -0.4 is 10.5 Å². The number of nitrogens with two attached hydrogens (primary N) is 1. The van der Waals surface area contributed by atoms with E-state index in [9.17, 15) is 4.39 Å². The largest absolute Gasteiger partial charge is 0.493 e. The minimum atomic E-state index is -0.230. The fourth-order valence-electron chi connectivity index (χ4n) is 2.13. The molecule has 2 N–H and O–H groups in total. The lowest BCUT2D eigenvalue weighted by molar-refractivity contribution is 0.297. The molecule has 2 nitrogen and oxygen atoms in total. The monoisotopic (exact) mass is 253 g/mol. The fourth-order valence-corrected chi connectivity index (χ4v) is 2.13. The predicted octanol–water partition coefficient (Wildman–Crippen LogP) is 3.32. The second kappa shape index (κ2) is 8.09. The highest BCUT2D eigenvalue weighted by atomic mass is 19.1. The fraction of sp³-hybridized carbons (Fsp3) is 0.600. The molecule has 0 heterocycles. The van der Waals surface area contributed by atoms with Gasteiger partial charge in [0.2, 0.25) is 0 Å². The zero-order valence-corrected chi connectivity index (χ0v) is 11.5. The molecule has 0 aromatic heterocycles. The van der Waals surface area contributed by atoms with Crippen LogP contribution >= 0.6 is 0 Å². The minimum Gasteiger partial charge on any atom is -0.493 e. The van der Waals surface area contributed by atoms with Crippen molar-refractivity contribution in [1.82, 2.24) is 0 Å². The van der Waals surface area contributed by atoms with Gasteiger partial charge in [-0.2, -0.15) is 0 Å². The van der Waals surface area contributed by atoms with Crippen molar-refractivity contribution in [2.24, 2.45) is 5.73 Å². The average Bonchev–Trinajstić information content (AvgIpc) is 2.32. The van der Waals surface area contributed by atoms with Crippen LogP contribution in [0.1, 0.15) is 36.0 Å². The van der Waals surface area contributed by atoms with E-state index in [2.05, 4.69) is 26.0 Å². The summed E-state index contributed by atoms with van der Waals surface area (Å²) in [6, 6.07) is 4.27. The van der Waals surface area contributed by atoms with E-state index in [-0.39, 0.29) is 6.67 Å². The molecule has 0 amide bonds. The van der Waals surface area contributed by atoms with Gasteiger partial charge in [0.05, 0.1) is 13.3 Å². The lowest BCUT2D eigenvalue weighted by Crippen LogP contribution is -2.05. The van der Waals surface area contributed by atoms with Crippen molar-refractivity contribution in [1.29, 1.82) is 0 Å². The lowest BCUT2D eigenvalue weighted by Gasteiger charge is -2.14. The first-order chi connectivity index (χ1) is 8.69. The van der Waals surface area contributed by atoms with Crippen molar-refractivity contribution in [3.8, 4) is 5.75 Å². The number of rotatable bonds is 8. The van der Waals surface area contributed by atoms with Crippen LogP contribution in [0.4, 0.5) is 4.39 Å². The molecule has 0 spiro atoms. The quantitative estimate of drug-likeness (QED) is 0.721. The second-order valence-corrected chi connectivity index (χ2v) is 4.70. The molecule has 18 heavy (non-hydrogen) atoms. The highest BCUT2D eigenvalue weighted by Crippen LogP contribution is 2.25. The van der Waals surface area contributed by atoms with Crippen molar-refractivity contribution in [3.05, 3.63) is 28.8 Å². The second-order valence-electron chi connectivity index (χ2n) is 4.70. The molecular formula is C15H24FNO. The number of hydrogen-bond donors (Lipinski definition) is 1. The first kappa shape index (κ1) is 15.0. The molecule has 0 aliphatic carbocycles. The Labute approximate surface area is 109 Å². The molecule has 3 heteroatoms. The van der Waals surface area contributed by atoms with Gasteiger partial charge in [-0.3, -0.25) is 4.39 Å². The van der Waals surface area contributed by atoms with Crippen molar-refractivity contribution >= 4 is 0 Å². The van der Waals surface area contributed by atoms with E-state index in [4.69, 9.17) is 10.5 Å². The number of hydrogen-bond acceptors (Lipinski definition) is 2. The van der Waals surface area contributed by atoms with Gasteiger partial charge in [0, 0.05) is 0 Å². The van der Waals surface area contributed by atoms with E-state index >= 15 is 0 Å². The molecule has 0 saturated heterocycles. The van der Waals surface area contributed by atoms with Crippen LogP contribution in [-0.4, -0.2) is 19.8 Å². The zero-order chi connectivity index (χ0) is 13.4. The van der Waals surface area contributed by atoms with Gasteiger partial charge >= 0.3 is 0 Å². The lowest BCUT2D eigenvalue weighted by atomic mass is 10.0. The third kappa shape index (κ3) is 4.65. The van der Waals surface area contributed by atoms with Gasteiger partial charge in [0.25, 0.3) is 0 Å². The number of benzene rings is 1. The average molecular weight is 253 g/mol. The van der Waals surface area contributed by atoms with Crippen LogP contribution in [-0.2, 0) is 6.42 Å². The Morgan fingerprint density at radius 3 is 2.33 bits per heavy atom. The summed E-state index contributed by atoms with van der Waals surface area (Å²) in [5, 5.41) is 0. The van der Waals surface area contributed by atoms with Crippen LogP contribution in [0.2, 0.25) is 0 Å². The van der Waals surface area contributed by atoms with Gasteiger partial charge in [-0.15, -0.1) is 0 Å². The van der Waals surface area contributed by atoms with Gasteiger partial charge in [-0.05, 0) is 62.8 Å². The molecule has 1 aromatic carbocycles. The highest BCUT2D eigenvalue weighted by Gasteiger charge is 2.06. The van der Waals surface area contributed by atoms with E-state index in [0.717, 1.165) is 36.1 Å². The normalized spacial score (nSPS) is 10.7. The van der Waals surface area contributed by atoms with Crippen molar-refractivity contribution in [2.75, 3.05) is 19.8 Å². The van der Waals surface area contributed by atoms with E-state index in [1.165, 1.54) is 5.56 Å². The van der Waals surface area contributed by atoms with Crippen LogP contribution in [0.15, 0.2) is 12.1 Å². The first-order valence-corrected chi connectivity index (χ1v) is 6.68. The number of halogens is 1. The molecule has 0 radical (unpaired) electrons. The van der Waals surface area contributed by atoms with Crippen LogP contribution in [0.5, 0.6) is 5.75 Å². The third-order valence-corrected chi connectivity index (χ3v) is 2.98. The summed E-state index contributed by atoms with van der Waals surface area (Å²) in [4.78, 5) is 0. The van der Waals surface area contributed by atoms with Gasteiger partial charge in [-0.1, -0.05) is 12.1 Å². The maximum absolute atomic E-state index is 11.9. The number of ether oxygens (including phenoxy) is 1. The van der Waals surface area contributed by atoms with E-state index < -0.39 is 0 Å². The molecule has 0 atom stereocenters. The SMILES string of the molecule is Cc1cc(CCN)cc(C)c1OCCCCCF. The Morgan fingerprint density at radius 2 is 1.78 bits per heavy atom. The summed E-state index contributed by atoms with van der Waals surface area (Å²) < 4.78 is 17.7. The molecular weight excluding hydrogens is 229 g/mol. The Balaban J connectivity index is 2.54. The van der Waals surface area contributed by atoms with Gasteiger partial charge in [-0.25, -0.2) is 0 Å². The standard InChI is InChI=1S/C15H24FNO/c1-12-10-14(6-8-17)11-13(2)15(12)18-9-5-3-4-7-16/h10-11H,3-9,17H2,1-2H3. The summed E-state index contributed by atoms with van der Waals surface area (Å²) in [6.45, 7) is 5.22. The van der Waals surface area contributed by atoms with E-state index in [1.807, 2.05) is 0 Å². The predicted molar refractivity (Wildman–Crippen MR) is 74.0 cm³/mol. The van der Waals surface area contributed by atoms with Gasteiger partial charge < -0.3 is 10.5 Å². The van der Waals surface area contributed by atoms with Crippen molar-refractivity contribution in [2.45, 2.75) is 39.5 Å². The summed E-state index contributed by atoms with van der Waals surface area (Å²) in [6.07, 6.45) is 3.34. The van der Waals surface area contributed by atoms with E-state index in [1.54, 1.807) is 0 Å². The summed E-state index contributed by atoms with van der Waals surface area (Å²) in [5.74, 6) is 0.969. The topological polar surface area (TPSA) is 35.2 Å². The molecule has 0 saturated carbocycles. The maximum atomic E-state index is 11.9. The zero-order valence-electron chi connectivity index (χ0n) is 11.5. The number of aryl methyl sites for hydroxylation is 2. The smallest absolute Gasteiger partial charge is 0.125 e. The molecule has 0 unspecified atom stereocenters. The maximum Gasteiger partial charge on any atom is 0.125 e. The molecule has 0 aliphatic rings. The molecule has 0 aliphatic heterocycles. The third-order valence-electron chi connectivity index (χ3n) is 2.98. The van der Waals surface area contributed by atoms with Crippen LogP contribution in [0.25, 0.3) is 0 Å². The molecule has 0 fully saturated rings. The van der Waals surface area contributed by atoms with Crippen molar-refractivity contribution < 1.29 is 9.13 Å². The first-order valence-electron chi connectivity index (χ1n) is 6.68. The molecule has 1 aromatic rings. The molecule has 0 bridgehead atoms. The molecule has 1 rings (SSSR count). The van der Waals surface area contributed by atoms with Crippen molar-refractivity contribution in [3.63, 3.8) is 0 Å². The Bertz CT molecular complexity index is 343. The Morgan fingerprint density at radius 1 is 1.11 bits per heavy atom. The number of unbranched alkanes of at least 4 members (excludes halogenated alkanes) is 2. The van der Waals surface area contributed by atoms with Gasteiger partial charge in [0.15, 0.2) is 0 Å². The molecule has 102 valence electrons. The minimum absolute atomic E-state index is 0.230. The summed E-state index contributed by atoms with van der Waals surface area (Å²) in [5.41, 5.74) is 9.14. The Hall–Kier alpha value is -1.09. The van der Waals surface area contributed by atoms with Crippen LogP contribution in [0.3, 0.4) is 0 Å². The summed E-state index contributed by atoms with van der Waals surface area (Å²) in [7, 11) is 0. The Kier molecular flexibility index (Phi) is 6.73. The highest BCUT2D eigenvalue weighted by molar-refractivity contribution is 5.43.